The number of hydrogen-bond donors (Lipinski definition) is 1. The summed E-state index contributed by atoms with van der Waals surface area (Å²) in [6, 6.07) is 0. The van der Waals surface area contributed by atoms with Crippen LogP contribution in [0.5, 0.6) is 0 Å². The third-order valence-electron chi connectivity index (χ3n) is 3.05. The molecule has 1 aliphatic rings. The molecular weight excluding hydrogens is 219 g/mol. The Morgan fingerprint density at radius 1 is 1.50 bits per heavy atom. The van der Waals surface area contributed by atoms with E-state index in [9.17, 15) is 13.2 Å². The fraction of sp³-hybridized carbons (Fsp3) is 0.700. The van der Waals surface area contributed by atoms with Gasteiger partial charge in [-0.3, -0.25) is 0 Å². The molecule has 0 radical (unpaired) electrons. The Morgan fingerprint density at radius 3 is 2.75 bits per heavy atom. The van der Waals surface area contributed by atoms with E-state index in [-0.39, 0.29) is 5.92 Å². The molecule has 2 rings (SSSR count). The van der Waals surface area contributed by atoms with Gasteiger partial charge < -0.3 is 10.3 Å². The first-order chi connectivity index (χ1) is 7.45. The van der Waals surface area contributed by atoms with E-state index in [1.54, 1.807) is 6.92 Å². The SMILES string of the molecule is Cc1nc(C(F)(F)F)n2c1C(CN)CCC2. The van der Waals surface area contributed by atoms with Crippen molar-refractivity contribution in [2.45, 2.75) is 38.4 Å². The number of hydrogen-bond acceptors (Lipinski definition) is 2. The van der Waals surface area contributed by atoms with Gasteiger partial charge in [-0.15, -0.1) is 0 Å². The van der Waals surface area contributed by atoms with Gasteiger partial charge >= 0.3 is 6.18 Å². The van der Waals surface area contributed by atoms with E-state index in [0.717, 1.165) is 12.8 Å². The maximum atomic E-state index is 12.7. The zero-order valence-corrected chi connectivity index (χ0v) is 9.01. The van der Waals surface area contributed by atoms with E-state index < -0.39 is 12.0 Å². The van der Waals surface area contributed by atoms with Gasteiger partial charge in [0.25, 0.3) is 0 Å². The van der Waals surface area contributed by atoms with Gasteiger partial charge in [-0.25, -0.2) is 4.98 Å². The average molecular weight is 233 g/mol. The maximum absolute atomic E-state index is 12.7. The van der Waals surface area contributed by atoms with Crippen LogP contribution in [0.1, 0.15) is 36.0 Å². The van der Waals surface area contributed by atoms with Crippen LogP contribution in [0.3, 0.4) is 0 Å². The number of rotatable bonds is 1. The highest BCUT2D eigenvalue weighted by molar-refractivity contribution is 5.23. The van der Waals surface area contributed by atoms with Crippen molar-refractivity contribution in [2.24, 2.45) is 5.73 Å². The quantitative estimate of drug-likeness (QED) is 0.806. The lowest BCUT2D eigenvalue weighted by molar-refractivity contribution is -0.147. The molecular formula is C10H14F3N3. The Bertz CT molecular complexity index is 395. The molecule has 0 saturated carbocycles. The second-order valence-corrected chi connectivity index (χ2v) is 4.13. The summed E-state index contributed by atoms with van der Waals surface area (Å²) in [5.41, 5.74) is 6.71. The minimum Gasteiger partial charge on any atom is -0.330 e. The standard InChI is InChI=1S/C10H14F3N3/c1-6-8-7(5-14)3-2-4-16(8)9(15-6)10(11,12)13/h7H,2-5,14H2,1H3. The molecule has 0 saturated heterocycles. The third-order valence-corrected chi connectivity index (χ3v) is 3.05. The fourth-order valence-electron chi connectivity index (χ4n) is 2.41. The smallest absolute Gasteiger partial charge is 0.330 e. The van der Waals surface area contributed by atoms with Crippen molar-refractivity contribution in [3.05, 3.63) is 17.2 Å². The second kappa shape index (κ2) is 3.76. The van der Waals surface area contributed by atoms with Gasteiger partial charge in [0.2, 0.25) is 5.82 Å². The zero-order chi connectivity index (χ0) is 11.9. The van der Waals surface area contributed by atoms with Gasteiger partial charge in [0.1, 0.15) is 0 Å². The molecule has 0 fully saturated rings. The molecule has 90 valence electrons. The van der Waals surface area contributed by atoms with E-state index in [4.69, 9.17) is 5.73 Å². The van der Waals surface area contributed by atoms with Gasteiger partial charge in [0.15, 0.2) is 0 Å². The topological polar surface area (TPSA) is 43.8 Å². The van der Waals surface area contributed by atoms with Crippen LogP contribution in [-0.2, 0) is 12.7 Å². The highest BCUT2D eigenvalue weighted by Crippen LogP contribution is 2.36. The first-order valence-electron chi connectivity index (χ1n) is 5.29. The highest BCUT2D eigenvalue weighted by Gasteiger charge is 2.40. The number of alkyl halides is 3. The van der Waals surface area contributed by atoms with Gasteiger partial charge in [-0.2, -0.15) is 13.2 Å². The number of nitrogens with two attached hydrogens (primary N) is 1. The Morgan fingerprint density at radius 2 is 2.19 bits per heavy atom. The molecule has 0 bridgehead atoms. The van der Waals surface area contributed by atoms with Crippen molar-refractivity contribution in [2.75, 3.05) is 6.54 Å². The molecule has 2 heterocycles. The van der Waals surface area contributed by atoms with Crippen LogP contribution < -0.4 is 5.73 Å². The van der Waals surface area contributed by atoms with Crippen LogP contribution in [-0.4, -0.2) is 16.1 Å². The van der Waals surface area contributed by atoms with Crippen LogP contribution in [0.25, 0.3) is 0 Å². The minimum absolute atomic E-state index is 0.0114. The summed E-state index contributed by atoms with van der Waals surface area (Å²) in [7, 11) is 0. The largest absolute Gasteiger partial charge is 0.449 e. The molecule has 1 atom stereocenters. The van der Waals surface area contributed by atoms with Crippen LogP contribution in [0.2, 0.25) is 0 Å². The average Bonchev–Trinajstić information content (AvgIpc) is 2.56. The Balaban J connectivity index is 2.53. The molecule has 0 spiro atoms. The number of halogens is 3. The predicted octanol–water partition coefficient (Wildman–Crippen LogP) is 2.05. The van der Waals surface area contributed by atoms with Crippen molar-refractivity contribution in [1.29, 1.82) is 0 Å². The summed E-state index contributed by atoms with van der Waals surface area (Å²) in [6.45, 7) is 2.39. The summed E-state index contributed by atoms with van der Waals surface area (Å²) >= 11 is 0. The molecule has 0 aliphatic carbocycles. The first-order valence-corrected chi connectivity index (χ1v) is 5.29. The van der Waals surface area contributed by atoms with E-state index in [0.29, 0.717) is 24.5 Å². The lowest BCUT2D eigenvalue weighted by Gasteiger charge is -2.25. The molecule has 2 N–H and O–H groups in total. The number of fused-ring (bicyclic) bond motifs is 1. The summed E-state index contributed by atoms with van der Waals surface area (Å²) in [5, 5.41) is 0. The van der Waals surface area contributed by atoms with Crippen LogP contribution >= 0.6 is 0 Å². The summed E-state index contributed by atoms with van der Waals surface area (Å²) in [5.74, 6) is -0.768. The van der Waals surface area contributed by atoms with Crippen LogP contribution in [0, 0.1) is 6.92 Å². The lowest BCUT2D eigenvalue weighted by atomic mass is 9.95. The van der Waals surface area contributed by atoms with Gasteiger partial charge in [0, 0.05) is 24.7 Å². The molecule has 6 heteroatoms. The lowest BCUT2D eigenvalue weighted by Crippen LogP contribution is -2.25. The van der Waals surface area contributed by atoms with Crippen LogP contribution in [0.15, 0.2) is 0 Å². The second-order valence-electron chi connectivity index (χ2n) is 4.13. The van der Waals surface area contributed by atoms with Crippen molar-refractivity contribution >= 4 is 0 Å². The zero-order valence-electron chi connectivity index (χ0n) is 9.01. The minimum atomic E-state index is -4.38. The van der Waals surface area contributed by atoms with E-state index >= 15 is 0 Å². The number of nitrogens with zero attached hydrogens (tertiary/aromatic N) is 2. The Hall–Kier alpha value is -1.04. The summed E-state index contributed by atoms with van der Waals surface area (Å²) < 4.78 is 39.4. The number of aromatic nitrogens is 2. The predicted molar refractivity (Wildman–Crippen MR) is 53.0 cm³/mol. The van der Waals surface area contributed by atoms with Gasteiger partial charge in [0.05, 0.1) is 5.69 Å². The number of imidazole rings is 1. The normalized spacial score (nSPS) is 20.9. The van der Waals surface area contributed by atoms with E-state index in [2.05, 4.69) is 4.98 Å². The summed E-state index contributed by atoms with van der Waals surface area (Å²) in [4.78, 5) is 3.64. The van der Waals surface area contributed by atoms with Crippen molar-refractivity contribution < 1.29 is 13.2 Å². The third kappa shape index (κ3) is 1.71. The van der Waals surface area contributed by atoms with Gasteiger partial charge in [-0.1, -0.05) is 0 Å². The van der Waals surface area contributed by atoms with Crippen LogP contribution in [0.4, 0.5) is 13.2 Å². The van der Waals surface area contributed by atoms with E-state index in [1.807, 2.05) is 0 Å². The molecule has 3 nitrogen and oxygen atoms in total. The Kier molecular flexibility index (Phi) is 2.69. The first kappa shape index (κ1) is 11.4. The van der Waals surface area contributed by atoms with Crippen molar-refractivity contribution in [3.63, 3.8) is 0 Å². The highest BCUT2D eigenvalue weighted by atomic mass is 19.4. The maximum Gasteiger partial charge on any atom is 0.449 e. The number of aryl methyl sites for hydroxylation is 1. The molecule has 1 unspecified atom stereocenters. The van der Waals surface area contributed by atoms with Crippen molar-refractivity contribution in [1.82, 2.24) is 9.55 Å². The molecule has 1 aliphatic heterocycles. The fourth-order valence-corrected chi connectivity index (χ4v) is 2.41. The molecule has 16 heavy (non-hydrogen) atoms. The summed E-state index contributed by atoms with van der Waals surface area (Å²) in [6.07, 6.45) is -2.80. The molecule has 0 amide bonds. The van der Waals surface area contributed by atoms with Gasteiger partial charge in [-0.05, 0) is 19.8 Å². The molecule has 1 aromatic rings. The van der Waals surface area contributed by atoms with Crippen molar-refractivity contribution in [3.8, 4) is 0 Å². The Labute approximate surface area is 91.5 Å². The monoisotopic (exact) mass is 233 g/mol. The molecule has 1 aromatic heterocycles. The molecule has 0 aromatic carbocycles. The van der Waals surface area contributed by atoms with E-state index in [1.165, 1.54) is 4.57 Å².